The van der Waals surface area contributed by atoms with E-state index in [0.717, 1.165) is 11.1 Å². The molecule has 0 bridgehead atoms. The van der Waals surface area contributed by atoms with Gasteiger partial charge in [0.1, 0.15) is 5.92 Å². The number of Topliss-reactive ketones (excluding diaryl/α,β-unsaturated/α-hetero) is 2. The van der Waals surface area contributed by atoms with Gasteiger partial charge in [-0.3, -0.25) is 19.3 Å². The fourth-order valence-corrected chi connectivity index (χ4v) is 4.56. The minimum atomic E-state index is -1.21. The van der Waals surface area contributed by atoms with Crippen LogP contribution >= 0.6 is 0 Å². The zero-order valence-electron chi connectivity index (χ0n) is 20.8. The minimum absolute atomic E-state index is 0.226. The number of carbonyl (C=O) groups excluding carboxylic acids is 3. The van der Waals surface area contributed by atoms with Gasteiger partial charge < -0.3 is 0 Å². The summed E-state index contributed by atoms with van der Waals surface area (Å²) in [6, 6.07) is 17.1. The molecule has 4 aromatic rings. The van der Waals surface area contributed by atoms with Crippen molar-refractivity contribution in [2.24, 2.45) is 5.92 Å². The monoisotopic (exact) mass is 494 g/mol. The molecule has 0 radical (unpaired) electrons. The normalized spacial score (nSPS) is 17.6. The van der Waals surface area contributed by atoms with Gasteiger partial charge in [-0.2, -0.15) is 20.1 Å². The summed E-state index contributed by atoms with van der Waals surface area (Å²) >= 11 is 0. The van der Waals surface area contributed by atoms with E-state index in [1.807, 2.05) is 36.4 Å². The lowest BCUT2D eigenvalue weighted by atomic mass is 9.85. The highest BCUT2D eigenvalue weighted by Gasteiger charge is 2.52. The molecule has 0 saturated carbocycles. The molecule has 186 valence electrons. The van der Waals surface area contributed by atoms with Crippen LogP contribution < -0.4 is 4.90 Å². The lowest BCUT2D eigenvalue weighted by Gasteiger charge is -2.26. The number of rotatable bonds is 7. The summed E-state index contributed by atoms with van der Waals surface area (Å²) in [4.78, 5) is 43.2. The summed E-state index contributed by atoms with van der Waals surface area (Å²) in [6.45, 7) is 6.39. The second-order valence-corrected chi connectivity index (χ2v) is 9.44. The van der Waals surface area contributed by atoms with Crippen molar-refractivity contribution >= 4 is 23.3 Å². The maximum absolute atomic E-state index is 13.7. The highest BCUT2D eigenvalue weighted by molar-refractivity contribution is 6.48. The molecule has 0 spiro atoms. The van der Waals surface area contributed by atoms with Gasteiger partial charge in [-0.15, -0.1) is 5.10 Å². The fraction of sp³-hybridized carbons (Fsp3) is 0.250. The second kappa shape index (κ2) is 9.85. The SMILES string of the molecule is Cc1ccc(N2C(=O)C(=O)C(C(=O)c3ccc(C(C)C)cc3)C2c2ccc(Cn3nccn3)cc2)nn1. The molecule has 5 rings (SSSR count). The maximum Gasteiger partial charge on any atom is 0.297 e. The first-order chi connectivity index (χ1) is 17.8. The van der Waals surface area contributed by atoms with E-state index >= 15 is 0 Å². The van der Waals surface area contributed by atoms with Crippen LogP contribution in [0.4, 0.5) is 5.82 Å². The molecule has 1 aliphatic rings. The first kappa shape index (κ1) is 24.2. The molecule has 2 unspecified atom stereocenters. The standard InChI is InChI=1S/C28H26N6O3/c1-17(2)20-9-11-22(12-10-20)26(35)24-25(21-7-5-19(6-8-21)16-33-29-14-15-30-33)34(28(37)27(24)36)23-13-4-18(3)31-32-23/h4-15,17,24-25H,16H2,1-3H3. The van der Waals surface area contributed by atoms with Crippen molar-refractivity contribution in [1.82, 2.24) is 25.2 Å². The lowest BCUT2D eigenvalue weighted by Crippen LogP contribution is -2.31. The molecule has 9 nitrogen and oxygen atoms in total. The van der Waals surface area contributed by atoms with E-state index in [4.69, 9.17) is 0 Å². The Balaban J connectivity index is 1.55. The Bertz CT molecular complexity index is 1430. The summed E-state index contributed by atoms with van der Waals surface area (Å²) in [5.74, 6) is -2.60. The first-order valence-corrected chi connectivity index (χ1v) is 12.1. The number of aryl methyl sites for hydroxylation is 1. The zero-order valence-corrected chi connectivity index (χ0v) is 20.8. The highest BCUT2D eigenvalue weighted by atomic mass is 16.2. The van der Waals surface area contributed by atoms with Crippen LogP contribution in [0.5, 0.6) is 0 Å². The Morgan fingerprint density at radius 1 is 0.892 bits per heavy atom. The van der Waals surface area contributed by atoms with Crippen LogP contribution in [0, 0.1) is 12.8 Å². The molecule has 1 saturated heterocycles. The molecule has 1 aliphatic heterocycles. The van der Waals surface area contributed by atoms with Gasteiger partial charge in [0, 0.05) is 5.56 Å². The summed E-state index contributed by atoms with van der Waals surface area (Å²) in [5.41, 5.74) is 3.73. The van der Waals surface area contributed by atoms with Crippen LogP contribution in [-0.4, -0.2) is 42.7 Å². The van der Waals surface area contributed by atoms with Crippen LogP contribution in [0.1, 0.15) is 58.5 Å². The Morgan fingerprint density at radius 3 is 2.16 bits per heavy atom. The highest BCUT2D eigenvalue weighted by Crippen LogP contribution is 2.40. The van der Waals surface area contributed by atoms with Gasteiger partial charge in [-0.05, 0) is 41.7 Å². The van der Waals surface area contributed by atoms with E-state index in [0.29, 0.717) is 29.3 Å². The van der Waals surface area contributed by atoms with Crippen LogP contribution in [0.3, 0.4) is 0 Å². The summed E-state index contributed by atoms with van der Waals surface area (Å²) in [5, 5.41) is 16.5. The van der Waals surface area contributed by atoms with Crippen molar-refractivity contribution in [3.63, 3.8) is 0 Å². The van der Waals surface area contributed by atoms with Gasteiger partial charge >= 0.3 is 0 Å². The van der Waals surface area contributed by atoms with Gasteiger partial charge in [-0.25, -0.2) is 0 Å². The van der Waals surface area contributed by atoms with E-state index < -0.39 is 29.4 Å². The number of ketones is 2. The van der Waals surface area contributed by atoms with Crippen molar-refractivity contribution in [1.29, 1.82) is 0 Å². The van der Waals surface area contributed by atoms with E-state index in [1.54, 1.807) is 48.4 Å². The van der Waals surface area contributed by atoms with Crippen molar-refractivity contribution in [2.45, 2.75) is 39.3 Å². The summed E-state index contributed by atoms with van der Waals surface area (Å²) in [6.07, 6.45) is 3.21. The average molecular weight is 495 g/mol. The van der Waals surface area contributed by atoms with E-state index in [1.165, 1.54) is 4.90 Å². The third-order valence-corrected chi connectivity index (χ3v) is 6.59. The summed E-state index contributed by atoms with van der Waals surface area (Å²) < 4.78 is 0. The average Bonchev–Trinajstić information content (AvgIpc) is 3.51. The molecule has 0 aliphatic carbocycles. The number of aromatic nitrogens is 5. The lowest BCUT2D eigenvalue weighted by molar-refractivity contribution is -0.135. The maximum atomic E-state index is 13.7. The largest absolute Gasteiger partial charge is 0.297 e. The van der Waals surface area contributed by atoms with E-state index in [2.05, 4.69) is 34.2 Å². The van der Waals surface area contributed by atoms with Gasteiger partial charge in [0.15, 0.2) is 11.6 Å². The number of nitrogens with zero attached hydrogens (tertiary/aromatic N) is 6. The number of hydrogen-bond acceptors (Lipinski definition) is 7. The van der Waals surface area contributed by atoms with Gasteiger partial charge in [-0.1, -0.05) is 62.4 Å². The number of hydrogen-bond donors (Lipinski definition) is 0. The Labute approximate surface area is 214 Å². The number of carbonyl (C=O) groups is 3. The van der Waals surface area contributed by atoms with Gasteiger partial charge in [0.25, 0.3) is 5.91 Å². The van der Waals surface area contributed by atoms with Gasteiger partial charge in [0.2, 0.25) is 5.78 Å². The molecule has 3 heterocycles. The molecule has 2 atom stereocenters. The van der Waals surface area contributed by atoms with Crippen LogP contribution in [0.15, 0.2) is 73.1 Å². The Morgan fingerprint density at radius 2 is 1.57 bits per heavy atom. The second-order valence-electron chi connectivity index (χ2n) is 9.44. The zero-order chi connectivity index (χ0) is 26.1. The van der Waals surface area contributed by atoms with E-state index in [-0.39, 0.29) is 5.82 Å². The molecular formula is C28H26N6O3. The molecule has 0 N–H and O–H groups in total. The van der Waals surface area contributed by atoms with Crippen molar-refractivity contribution in [3.8, 4) is 0 Å². The molecule has 9 heteroatoms. The number of anilines is 1. The summed E-state index contributed by atoms with van der Waals surface area (Å²) in [7, 11) is 0. The quantitative estimate of drug-likeness (QED) is 0.219. The van der Waals surface area contributed by atoms with E-state index in [9.17, 15) is 14.4 Å². The third-order valence-electron chi connectivity index (χ3n) is 6.59. The molecular weight excluding hydrogens is 468 g/mol. The van der Waals surface area contributed by atoms with Crippen LogP contribution in [0.2, 0.25) is 0 Å². The van der Waals surface area contributed by atoms with Crippen LogP contribution in [-0.2, 0) is 16.1 Å². The van der Waals surface area contributed by atoms with Crippen molar-refractivity contribution in [2.75, 3.05) is 4.90 Å². The Hall–Kier alpha value is -4.53. The van der Waals surface area contributed by atoms with Crippen LogP contribution in [0.25, 0.3) is 0 Å². The minimum Gasteiger partial charge on any atom is -0.293 e. The Kier molecular flexibility index (Phi) is 6.43. The molecule has 1 fully saturated rings. The fourth-order valence-electron chi connectivity index (χ4n) is 4.56. The number of benzene rings is 2. The molecule has 2 aromatic heterocycles. The van der Waals surface area contributed by atoms with Crippen molar-refractivity contribution in [3.05, 3.63) is 101 Å². The third kappa shape index (κ3) is 4.67. The van der Waals surface area contributed by atoms with Crippen molar-refractivity contribution < 1.29 is 14.4 Å². The topological polar surface area (TPSA) is 111 Å². The molecule has 37 heavy (non-hydrogen) atoms. The predicted octanol–water partition coefficient (Wildman–Crippen LogP) is 3.70. The predicted molar refractivity (Wildman–Crippen MR) is 136 cm³/mol. The number of amides is 1. The molecule has 2 aromatic carbocycles. The van der Waals surface area contributed by atoms with Gasteiger partial charge in [0.05, 0.1) is 30.7 Å². The first-order valence-electron chi connectivity index (χ1n) is 12.1. The smallest absolute Gasteiger partial charge is 0.293 e. The molecule has 1 amide bonds.